The summed E-state index contributed by atoms with van der Waals surface area (Å²) >= 11 is 0. The molecule has 0 spiro atoms. The van der Waals surface area contributed by atoms with E-state index in [0.717, 1.165) is 0 Å². The maximum absolute atomic E-state index is 13.2. The number of benzene rings is 2. The maximum Gasteiger partial charge on any atom is 0.269 e. The fourth-order valence-corrected chi connectivity index (χ4v) is 2.88. The molecular weight excluding hydrogens is 419 g/mol. The molecule has 12 heteroatoms. The average Bonchev–Trinajstić information content (AvgIpc) is 2.81. The molecule has 2 aromatic carbocycles. The van der Waals surface area contributed by atoms with E-state index in [4.69, 9.17) is 4.74 Å². The number of halogens is 1. The van der Waals surface area contributed by atoms with E-state index in [-0.39, 0.29) is 23.4 Å². The van der Waals surface area contributed by atoms with Crippen molar-refractivity contribution >= 4 is 35.4 Å². The quantitative estimate of drug-likeness (QED) is 0.325. The molecule has 1 saturated heterocycles. The first-order valence-corrected chi connectivity index (χ1v) is 9.72. The summed E-state index contributed by atoms with van der Waals surface area (Å²) < 4.78 is 18.6. The molecule has 4 rings (SSSR count). The van der Waals surface area contributed by atoms with Gasteiger partial charge in [-0.3, -0.25) is 10.1 Å². The van der Waals surface area contributed by atoms with Gasteiger partial charge in [-0.2, -0.15) is 20.1 Å². The monoisotopic (exact) mass is 438 g/mol. The van der Waals surface area contributed by atoms with Gasteiger partial charge in [0.1, 0.15) is 5.82 Å². The van der Waals surface area contributed by atoms with Gasteiger partial charge >= 0.3 is 0 Å². The van der Waals surface area contributed by atoms with Crippen molar-refractivity contribution in [3.63, 3.8) is 0 Å². The highest BCUT2D eigenvalue weighted by Gasteiger charge is 2.16. The lowest BCUT2D eigenvalue weighted by atomic mass is 10.2. The van der Waals surface area contributed by atoms with Crippen LogP contribution in [0.4, 0.5) is 33.6 Å². The zero-order valence-electron chi connectivity index (χ0n) is 16.8. The van der Waals surface area contributed by atoms with Crippen LogP contribution in [-0.4, -0.2) is 52.4 Å². The van der Waals surface area contributed by atoms with Crippen LogP contribution in [0.1, 0.15) is 5.56 Å². The SMILES string of the molecule is O=[N+]([O-])c1ccc(/C=N\Nc2nc(Nc3ccc(F)cc3)nc(N3CCOCC3)n2)cc1. The summed E-state index contributed by atoms with van der Waals surface area (Å²) in [6.07, 6.45) is 1.50. The van der Waals surface area contributed by atoms with Crippen molar-refractivity contribution in [3.8, 4) is 0 Å². The average molecular weight is 438 g/mol. The second kappa shape index (κ2) is 9.75. The van der Waals surface area contributed by atoms with Crippen LogP contribution < -0.4 is 15.6 Å². The van der Waals surface area contributed by atoms with Crippen molar-refractivity contribution in [1.29, 1.82) is 0 Å². The molecule has 2 heterocycles. The Balaban J connectivity index is 1.53. The maximum atomic E-state index is 13.2. The van der Waals surface area contributed by atoms with Crippen molar-refractivity contribution < 1.29 is 14.1 Å². The molecule has 0 amide bonds. The van der Waals surface area contributed by atoms with Crippen LogP contribution in [0, 0.1) is 15.9 Å². The molecule has 0 saturated carbocycles. The Hall–Kier alpha value is -4.19. The number of hydrogen-bond donors (Lipinski definition) is 2. The highest BCUT2D eigenvalue weighted by atomic mass is 19.1. The van der Waals surface area contributed by atoms with Gasteiger partial charge in [0.25, 0.3) is 5.69 Å². The fourth-order valence-electron chi connectivity index (χ4n) is 2.88. The smallest absolute Gasteiger partial charge is 0.269 e. The number of ether oxygens (including phenoxy) is 1. The first kappa shape index (κ1) is 21.1. The molecule has 0 atom stereocenters. The lowest BCUT2D eigenvalue weighted by Gasteiger charge is -2.27. The molecule has 0 unspecified atom stereocenters. The predicted molar refractivity (Wildman–Crippen MR) is 117 cm³/mol. The Labute approximate surface area is 182 Å². The van der Waals surface area contributed by atoms with Crippen LogP contribution in [0.3, 0.4) is 0 Å². The number of nitro benzene ring substituents is 1. The molecule has 1 fully saturated rings. The molecule has 11 nitrogen and oxygen atoms in total. The summed E-state index contributed by atoms with van der Waals surface area (Å²) in [4.78, 5) is 25.4. The third-order valence-corrected chi connectivity index (χ3v) is 4.50. The number of anilines is 4. The standard InChI is InChI=1S/C20H19FN8O3/c21-15-3-5-16(6-4-15)23-18-24-19(26-20(25-18)28-9-11-32-12-10-28)27-22-13-14-1-7-17(8-2-14)29(30)31/h1-8,13H,9-12H2,(H2,23,24,25,26,27)/b22-13-. The van der Waals surface area contributed by atoms with Gasteiger partial charge in [0, 0.05) is 30.9 Å². The van der Waals surface area contributed by atoms with E-state index in [2.05, 4.69) is 30.8 Å². The highest BCUT2D eigenvalue weighted by Crippen LogP contribution is 2.19. The number of aromatic nitrogens is 3. The minimum absolute atomic E-state index is 0.000705. The van der Waals surface area contributed by atoms with Crippen molar-refractivity contribution in [2.45, 2.75) is 0 Å². The molecular formula is C20H19FN8O3. The molecule has 0 radical (unpaired) electrons. The number of morpholine rings is 1. The van der Waals surface area contributed by atoms with E-state index < -0.39 is 4.92 Å². The molecule has 2 N–H and O–H groups in total. The predicted octanol–water partition coefficient (Wildman–Crippen LogP) is 2.95. The zero-order valence-corrected chi connectivity index (χ0v) is 16.8. The van der Waals surface area contributed by atoms with Crippen LogP contribution in [0.5, 0.6) is 0 Å². The first-order valence-electron chi connectivity index (χ1n) is 9.72. The number of rotatable bonds is 7. The van der Waals surface area contributed by atoms with Gasteiger partial charge in [-0.25, -0.2) is 9.82 Å². The molecule has 0 bridgehead atoms. The Morgan fingerprint density at radius 1 is 1.03 bits per heavy atom. The van der Waals surface area contributed by atoms with Crippen molar-refractivity contribution in [2.24, 2.45) is 5.10 Å². The van der Waals surface area contributed by atoms with Crippen molar-refractivity contribution in [2.75, 3.05) is 41.9 Å². The summed E-state index contributed by atoms with van der Waals surface area (Å²) in [7, 11) is 0. The third-order valence-electron chi connectivity index (χ3n) is 4.50. The summed E-state index contributed by atoms with van der Waals surface area (Å²) in [5, 5.41) is 17.9. The number of hydrazone groups is 1. The normalized spacial score (nSPS) is 13.8. The van der Waals surface area contributed by atoms with Gasteiger partial charge in [0.2, 0.25) is 17.8 Å². The fraction of sp³-hybridized carbons (Fsp3) is 0.200. The molecule has 3 aromatic rings. The van der Waals surface area contributed by atoms with Gasteiger partial charge in [-0.15, -0.1) is 0 Å². The molecule has 0 aliphatic carbocycles. The highest BCUT2D eigenvalue weighted by molar-refractivity contribution is 5.80. The Bertz CT molecular complexity index is 1100. The van der Waals surface area contributed by atoms with Gasteiger partial charge in [-0.1, -0.05) is 0 Å². The number of non-ortho nitro benzene ring substituents is 1. The lowest BCUT2D eigenvalue weighted by molar-refractivity contribution is -0.384. The van der Waals surface area contributed by atoms with E-state index >= 15 is 0 Å². The largest absolute Gasteiger partial charge is 0.378 e. The van der Waals surface area contributed by atoms with E-state index in [0.29, 0.717) is 43.5 Å². The van der Waals surface area contributed by atoms with Crippen LogP contribution in [0.25, 0.3) is 0 Å². The molecule has 164 valence electrons. The van der Waals surface area contributed by atoms with Gasteiger partial charge in [-0.05, 0) is 42.0 Å². The summed E-state index contributed by atoms with van der Waals surface area (Å²) in [6.45, 7) is 2.39. The van der Waals surface area contributed by atoms with E-state index in [1.807, 2.05) is 4.90 Å². The van der Waals surface area contributed by atoms with Gasteiger partial charge in [0.15, 0.2) is 0 Å². The van der Waals surface area contributed by atoms with Gasteiger partial charge < -0.3 is 15.0 Å². The number of hydrogen-bond acceptors (Lipinski definition) is 10. The van der Waals surface area contributed by atoms with Crippen LogP contribution in [-0.2, 0) is 4.74 Å². The second-order valence-corrected chi connectivity index (χ2v) is 6.73. The topological polar surface area (TPSA) is 131 Å². The Morgan fingerprint density at radius 3 is 2.41 bits per heavy atom. The minimum atomic E-state index is -0.465. The molecule has 1 aliphatic rings. The zero-order chi connectivity index (χ0) is 22.3. The molecule has 1 aliphatic heterocycles. The summed E-state index contributed by atoms with van der Waals surface area (Å²) in [5.74, 6) is 0.564. The summed E-state index contributed by atoms with van der Waals surface area (Å²) in [5.41, 5.74) is 4.04. The first-order chi connectivity index (χ1) is 15.6. The lowest BCUT2D eigenvalue weighted by Crippen LogP contribution is -2.37. The van der Waals surface area contributed by atoms with Crippen LogP contribution in [0.2, 0.25) is 0 Å². The van der Waals surface area contributed by atoms with E-state index in [9.17, 15) is 14.5 Å². The Morgan fingerprint density at radius 2 is 1.72 bits per heavy atom. The van der Waals surface area contributed by atoms with Crippen LogP contribution >= 0.6 is 0 Å². The van der Waals surface area contributed by atoms with Crippen molar-refractivity contribution in [1.82, 2.24) is 15.0 Å². The number of nitrogens with zero attached hydrogens (tertiary/aromatic N) is 6. The second-order valence-electron chi connectivity index (χ2n) is 6.73. The van der Waals surface area contributed by atoms with E-state index in [1.54, 1.807) is 24.3 Å². The van der Waals surface area contributed by atoms with Crippen LogP contribution in [0.15, 0.2) is 53.6 Å². The number of nitrogens with one attached hydrogen (secondary N) is 2. The molecule has 32 heavy (non-hydrogen) atoms. The van der Waals surface area contributed by atoms with Gasteiger partial charge in [0.05, 0.1) is 24.4 Å². The number of nitro groups is 1. The minimum Gasteiger partial charge on any atom is -0.378 e. The summed E-state index contributed by atoms with van der Waals surface area (Å²) in [6, 6.07) is 11.8. The van der Waals surface area contributed by atoms with E-state index in [1.165, 1.54) is 30.5 Å². The Kier molecular flexibility index (Phi) is 6.41. The third kappa shape index (κ3) is 5.49. The molecule has 1 aromatic heterocycles. The van der Waals surface area contributed by atoms with Crippen molar-refractivity contribution in [3.05, 3.63) is 70.0 Å².